The first-order valence-corrected chi connectivity index (χ1v) is 6.37. The number of hydrogen-bond donors (Lipinski definition) is 1. The summed E-state index contributed by atoms with van der Waals surface area (Å²) in [6.07, 6.45) is 1.78. The van der Waals surface area contributed by atoms with Crippen LogP contribution in [0.3, 0.4) is 0 Å². The maximum Gasteiger partial charge on any atom is 0.100 e. The van der Waals surface area contributed by atoms with E-state index in [1.807, 2.05) is 30.3 Å². The smallest absolute Gasteiger partial charge is 0.100 e. The van der Waals surface area contributed by atoms with Gasteiger partial charge in [0.15, 0.2) is 0 Å². The van der Waals surface area contributed by atoms with Crippen LogP contribution >= 0.6 is 15.9 Å². The highest BCUT2D eigenvalue weighted by Gasteiger charge is 2.07. The lowest BCUT2D eigenvalue weighted by molar-refractivity contribution is 0.839. The minimum atomic E-state index is 0.117. The predicted octanol–water partition coefficient (Wildman–Crippen LogP) is 3.89. The molecule has 2 aromatic rings. The van der Waals surface area contributed by atoms with E-state index in [9.17, 15) is 0 Å². The number of benzene rings is 1. The van der Waals surface area contributed by atoms with E-state index in [0.717, 1.165) is 15.9 Å². The van der Waals surface area contributed by atoms with Crippen LogP contribution in [-0.2, 0) is 0 Å². The quantitative estimate of drug-likeness (QED) is 0.935. The fourth-order valence-corrected chi connectivity index (χ4v) is 2.12. The molecule has 1 atom stereocenters. The molecule has 1 unspecified atom stereocenters. The zero-order valence-electron chi connectivity index (χ0n) is 9.89. The SMILES string of the molecule is CC(Nc1ccc(C#N)c(Br)c1)c1ccccn1. The number of halogens is 1. The number of aromatic nitrogens is 1. The van der Waals surface area contributed by atoms with Crippen LogP contribution in [0.15, 0.2) is 47.1 Å². The molecular weight excluding hydrogens is 290 g/mol. The molecular formula is C14H12BrN3. The van der Waals surface area contributed by atoms with Crippen molar-refractivity contribution in [1.82, 2.24) is 4.98 Å². The Balaban J connectivity index is 2.15. The van der Waals surface area contributed by atoms with E-state index in [1.54, 1.807) is 12.3 Å². The largest absolute Gasteiger partial charge is 0.377 e. The van der Waals surface area contributed by atoms with Gasteiger partial charge >= 0.3 is 0 Å². The lowest BCUT2D eigenvalue weighted by atomic mass is 10.2. The van der Waals surface area contributed by atoms with Crippen LogP contribution < -0.4 is 5.32 Å². The third-order valence-electron chi connectivity index (χ3n) is 2.60. The van der Waals surface area contributed by atoms with E-state index in [0.29, 0.717) is 5.56 Å². The summed E-state index contributed by atoms with van der Waals surface area (Å²) in [5, 5.41) is 12.2. The Bertz CT molecular complexity index is 575. The fourth-order valence-electron chi connectivity index (χ4n) is 1.65. The van der Waals surface area contributed by atoms with Crippen molar-refractivity contribution in [3.05, 3.63) is 58.3 Å². The Labute approximate surface area is 115 Å². The molecule has 0 spiro atoms. The Morgan fingerprint density at radius 3 is 2.78 bits per heavy atom. The van der Waals surface area contributed by atoms with Gasteiger partial charge in [0.1, 0.15) is 6.07 Å². The van der Waals surface area contributed by atoms with Crippen LogP contribution in [-0.4, -0.2) is 4.98 Å². The average Bonchev–Trinajstić information content (AvgIpc) is 2.40. The van der Waals surface area contributed by atoms with Gasteiger partial charge in [-0.15, -0.1) is 0 Å². The van der Waals surface area contributed by atoms with Crippen molar-refractivity contribution in [3.63, 3.8) is 0 Å². The van der Waals surface area contributed by atoms with E-state index in [4.69, 9.17) is 5.26 Å². The summed E-state index contributed by atoms with van der Waals surface area (Å²) in [7, 11) is 0. The molecule has 1 N–H and O–H groups in total. The van der Waals surface area contributed by atoms with Crippen molar-refractivity contribution in [2.75, 3.05) is 5.32 Å². The first-order chi connectivity index (χ1) is 8.70. The van der Waals surface area contributed by atoms with Gasteiger partial charge in [-0.05, 0) is 53.2 Å². The summed E-state index contributed by atoms with van der Waals surface area (Å²) in [6, 6.07) is 13.7. The molecule has 0 saturated heterocycles. The lowest BCUT2D eigenvalue weighted by Crippen LogP contribution is -2.08. The third-order valence-corrected chi connectivity index (χ3v) is 3.26. The molecule has 3 nitrogen and oxygen atoms in total. The second kappa shape index (κ2) is 5.65. The zero-order valence-corrected chi connectivity index (χ0v) is 11.5. The first-order valence-electron chi connectivity index (χ1n) is 5.58. The van der Waals surface area contributed by atoms with Gasteiger partial charge in [-0.2, -0.15) is 5.26 Å². The Morgan fingerprint density at radius 1 is 1.33 bits per heavy atom. The van der Waals surface area contributed by atoms with Gasteiger partial charge in [0, 0.05) is 16.4 Å². The highest BCUT2D eigenvalue weighted by atomic mass is 79.9. The molecule has 90 valence electrons. The van der Waals surface area contributed by atoms with Crippen molar-refractivity contribution in [3.8, 4) is 6.07 Å². The maximum atomic E-state index is 8.86. The molecule has 0 fully saturated rings. The Hall–Kier alpha value is -1.86. The summed E-state index contributed by atoms with van der Waals surface area (Å²) in [5.74, 6) is 0. The molecule has 0 radical (unpaired) electrons. The van der Waals surface area contributed by atoms with E-state index in [2.05, 4.69) is 39.2 Å². The molecule has 0 saturated carbocycles. The topological polar surface area (TPSA) is 48.7 Å². The van der Waals surface area contributed by atoms with Gasteiger partial charge in [-0.1, -0.05) is 6.07 Å². The molecule has 0 aliphatic heterocycles. The summed E-state index contributed by atoms with van der Waals surface area (Å²) >= 11 is 3.38. The number of nitriles is 1. The maximum absolute atomic E-state index is 8.86. The van der Waals surface area contributed by atoms with Crippen LogP contribution in [0.25, 0.3) is 0 Å². The van der Waals surface area contributed by atoms with E-state index >= 15 is 0 Å². The van der Waals surface area contributed by atoms with Crippen LogP contribution in [0.5, 0.6) is 0 Å². The average molecular weight is 302 g/mol. The number of nitrogens with one attached hydrogen (secondary N) is 1. The minimum absolute atomic E-state index is 0.117. The Morgan fingerprint density at radius 2 is 2.17 bits per heavy atom. The van der Waals surface area contributed by atoms with E-state index in [1.165, 1.54) is 0 Å². The summed E-state index contributed by atoms with van der Waals surface area (Å²) in [5.41, 5.74) is 2.57. The number of hydrogen-bond acceptors (Lipinski definition) is 3. The number of pyridine rings is 1. The normalized spacial score (nSPS) is 11.6. The molecule has 1 aromatic carbocycles. The van der Waals surface area contributed by atoms with Gasteiger partial charge < -0.3 is 5.32 Å². The zero-order chi connectivity index (χ0) is 13.0. The van der Waals surface area contributed by atoms with E-state index < -0.39 is 0 Å². The number of nitrogens with zero attached hydrogens (tertiary/aromatic N) is 2. The van der Waals surface area contributed by atoms with Crippen LogP contribution in [0, 0.1) is 11.3 Å². The molecule has 1 aromatic heterocycles. The highest BCUT2D eigenvalue weighted by Crippen LogP contribution is 2.23. The number of anilines is 1. The minimum Gasteiger partial charge on any atom is -0.377 e. The third kappa shape index (κ3) is 2.88. The Kier molecular flexibility index (Phi) is 3.96. The van der Waals surface area contributed by atoms with Crippen molar-refractivity contribution in [2.24, 2.45) is 0 Å². The van der Waals surface area contributed by atoms with Gasteiger partial charge in [-0.25, -0.2) is 0 Å². The van der Waals surface area contributed by atoms with Crippen molar-refractivity contribution < 1.29 is 0 Å². The fraction of sp³-hybridized carbons (Fsp3) is 0.143. The van der Waals surface area contributed by atoms with Crippen molar-refractivity contribution >= 4 is 21.6 Å². The standard InChI is InChI=1S/C14H12BrN3/c1-10(14-4-2-3-7-17-14)18-12-6-5-11(9-16)13(15)8-12/h2-8,10,18H,1H3. The molecule has 0 aliphatic carbocycles. The van der Waals surface area contributed by atoms with E-state index in [-0.39, 0.29) is 6.04 Å². The highest BCUT2D eigenvalue weighted by molar-refractivity contribution is 9.10. The first kappa shape index (κ1) is 12.6. The van der Waals surface area contributed by atoms with Crippen LogP contribution in [0.4, 0.5) is 5.69 Å². The lowest BCUT2D eigenvalue weighted by Gasteiger charge is -2.15. The summed E-state index contributed by atoms with van der Waals surface area (Å²) in [4.78, 5) is 4.30. The predicted molar refractivity (Wildman–Crippen MR) is 75.1 cm³/mol. The molecule has 18 heavy (non-hydrogen) atoms. The van der Waals surface area contributed by atoms with Gasteiger partial charge in [-0.3, -0.25) is 4.98 Å². The van der Waals surface area contributed by atoms with Crippen LogP contribution in [0.1, 0.15) is 24.2 Å². The second-order valence-corrected chi connectivity index (χ2v) is 4.78. The summed E-state index contributed by atoms with van der Waals surface area (Å²) in [6.45, 7) is 2.05. The number of rotatable bonds is 3. The van der Waals surface area contributed by atoms with Gasteiger partial charge in [0.05, 0.1) is 17.3 Å². The second-order valence-electron chi connectivity index (χ2n) is 3.93. The van der Waals surface area contributed by atoms with Crippen LogP contribution in [0.2, 0.25) is 0 Å². The van der Waals surface area contributed by atoms with Crippen molar-refractivity contribution in [2.45, 2.75) is 13.0 Å². The van der Waals surface area contributed by atoms with Gasteiger partial charge in [0.2, 0.25) is 0 Å². The van der Waals surface area contributed by atoms with Crippen molar-refractivity contribution in [1.29, 1.82) is 5.26 Å². The molecule has 4 heteroatoms. The summed E-state index contributed by atoms with van der Waals surface area (Å²) < 4.78 is 0.795. The molecule has 0 aliphatic rings. The molecule has 1 heterocycles. The van der Waals surface area contributed by atoms with Gasteiger partial charge in [0.25, 0.3) is 0 Å². The molecule has 0 bridgehead atoms. The molecule has 0 amide bonds. The monoisotopic (exact) mass is 301 g/mol. The molecule has 2 rings (SSSR count).